The molecule has 0 radical (unpaired) electrons. The van der Waals surface area contributed by atoms with Gasteiger partial charge < -0.3 is 20.7 Å². The largest absolute Gasteiger partial charge is 0.468 e. The summed E-state index contributed by atoms with van der Waals surface area (Å²) in [5.74, 6) is 0.436. The number of carbonyl (C=O) groups excluding carboxylic acids is 1. The molecule has 7 nitrogen and oxygen atoms in total. The molecule has 0 saturated carbocycles. The fourth-order valence-corrected chi connectivity index (χ4v) is 3.07. The van der Waals surface area contributed by atoms with Crippen LogP contribution in [0.4, 0.5) is 18.9 Å². The Morgan fingerprint density at radius 3 is 2.71 bits per heavy atom. The standard InChI is InChI=1S/C20H22F3N5O2.HI/c1-24-19(26-10-13-6-7-18(25-9-13)30-12-20(21,22)23)27-11-14-8-17(29)28-16-5-3-2-4-15(14)16;/h2-7,9,14H,8,10-12H2,1H3,(H,28,29)(H2,24,26,27);1H. The summed E-state index contributed by atoms with van der Waals surface area (Å²) < 4.78 is 41.1. The van der Waals surface area contributed by atoms with Crippen LogP contribution < -0.4 is 20.7 Å². The smallest absolute Gasteiger partial charge is 0.422 e. The number of ether oxygens (including phenoxy) is 1. The minimum absolute atomic E-state index is 0. The highest BCUT2D eigenvalue weighted by Gasteiger charge is 2.28. The number of halogens is 4. The Balaban J connectivity index is 0.00000341. The van der Waals surface area contributed by atoms with E-state index in [1.54, 1.807) is 13.1 Å². The van der Waals surface area contributed by atoms with Crippen molar-refractivity contribution in [1.29, 1.82) is 0 Å². The molecule has 31 heavy (non-hydrogen) atoms. The predicted octanol–water partition coefficient (Wildman–Crippen LogP) is 3.43. The molecule has 1 aliphatic rings. The van der Waals surface area contributed by atoms with Crippen LogP contribution in [0.25, 0.3) is 0 Å². The van der Waals surface area contributed by atoms with E-state index in [0.717, 1.165) is 16.8 Å². The molecule has 1 amide bonds. The van der Waals surface area contributed by atoms with Crippen molar-refractivity contribution in [3.8, 4) is 5.88 Å². The number of benzene rings is 1. The van der Waals surface area contributed by atoms with Gasteiger partial charge in [-0.05, 0) is 17.2 Å². The van der Waals surface area contributed by atoms with Crippen molar-refractivity contribution in [1.82, 2.24) is 15.6 Å². The van der Waals surface area contributed by atoms with Crippen LogP contribution in [0.5, 0.6) is 5.88 Å². The Morgan fingerprint density at radius 1 is 1.26 bits per heavy atom. The highest BCUT2D eigenvalue weighted by atomic mass is 127. The third-order valence-electron chi connectivity index (χ3n) is 4.49. The van der Waals surface area contributed by atoms with Crippen LogP contribution in [0.3, 0.4) is 0 Å². The van der Waals surface area contributed by atoms with Gasteiger partial charge in [0.25, 0.3) is 0 Å². The lowest BCUT2D eigenvalue weighted by atomic mass is 9.90. The van der Waals surface area contributed by atoms with Crippen molar-refractivity contribution in [2.24, 2.45) is 4.99 Å². The molecule has 0 bridgehead atoms. The molecule has 3 N–H and O–H groups in total. The molecule has 3 rings (SSSR count). The molecule has 11 heteroatoms. The summed E-state index contributed by atoms with van der Waals surface area (Å²) in [7, 11) is 1.63. The third-order valence-corrected chi connectivity index (χ3v) is 4.49. The topological polar surface area (TPSA) is 87.6 Å². The molecule has 0 aliphatic carbocycles. The second-order valence-electron chi connectivity index (χ2n) is 6.75. The molecule has 0 spiro atoms. The maximum Gasteiger partial charge on any atom is 0.422 e. The zero-order chi connectivity index (χ0) is 21.6. The molecule has 0 saturated heterocycles. The summed E-state index contributed by atoms with van der Waals surface area (Å²) in [5, 5.41) is 9.19. The number of fused-ring (bicyclic) bond motifs is 1. The first kappa shape index (κ1) is 24.7. The summed E-state index contributed by atoms with van der Waals surface area (Å²) >= 11 is 0. The van der Waals surface area contributed by atoms with Crippen LogP contribution in [0.2, 0.25) is 0 Å². The number of alkyl halides is 3. The predicted molar refractivity (Wildman–Crippen MR) is 122 cm³/mol. The number of aliphatic imine (C=N–C) groups is 1. The van der Waals surface area contributed by atoms with E-state index in [0.29, 0.717) is 25.5 Å². The van der Waals surface area contributed by atoms with Gasteiger partial charge in [-0.1, -0.05) is 24.3 Å². The molecular weight excluding hydrogens is 526 g/mol. The average molecular weight is 549 g/mol. The molecule has 0 fully saturated rings. The normalized spacial score (nSPS) is 15.9. The molecule has 1 aromatic carbocycles. The van der Waals surface area contributed by atoms with Gasteiger partial charge in [-0.3, -0.25) is 9.79 Å². The minimum atomic E-state index is -4.40. The van der Waals surface area contributed by atoms with Crippen molar-refractivity contribution in [2.45, 2.75) is 25.1 Å². The van der Waals surface area contributed by atoms with Crippen LogP contribution in [-0.4, -0.2) is 43.2 Å². The fourth-order valence-electron chi connectivity index (χ4n) is 3.07. The van der Waals surface area contributed by atoms with Crippen molar-refractivity contribution in [2.75, 3.05) is 25.5 Å². The Kier molecular flexibility index (Phi) is 8.89. The van der Waals surface area contributed by atoms with Crippen LogP contribution in [-0.2, 0) is 11.3 Å². The zero-order valence-corrected chi connectivity index (χ0v) is 19.0. The first-order valence-corrected chi connectivity index (χ1v) is 9.32. The molecule has 2 aromatic rings. The number of carbonyl (C=O) groups is 1. The van der Waals surface area contributed by atoms with Gasteiger partial charge in [0, 0.05) is 50.4 Å². The van der Waals surface area contributed by atoms with E-state index >= 15 is 0 Å². The first-order chi connectivity index (χ1) is 14.3. The second-order valence-corrected chi connectivity index (χ2v) is 6.75. The summed E-state index contributed by atoms with van der Waals surface area (Å²) in [6, 6.07) is 10.7. The number of aromatic nitrogens is 1. The Hall–Kier alpha value is -2.57. The van der Waals surface area contributed by atoms with E-state index in [1.807, 2.05) is 24.3 Å². The molecule has 2 heterocycles. The lowest BCUT2D eigenvalue weighted by Gasteiger charge is -2.26. The maximum absolute atomic E-state index is 12.2. The molecule has 1 aliphatic heterocycles. The average Bonchev–Trinajstić information content (AvgIpc) is 2.72. The van der Waals surface area contributed by atoms with Gasteiger partial charge in [0.1, 0.15) is 0 Å². The number of rotatable bonds is 6. The van der Waals surface area contributed by atoms with Crippen molar-refractivity contribution < 1.29 is 22.7 Å². The number of hydrogen-bond acceptors (Lipinski definition) is 4. The van der Waals surface area contributed by atoms with Gasteiger partial charge in [-0.2, -0.15) is 13.2 Å². The third kappa shape index (κ3) is 7.56. The van der Waals surface area contributed by atoms with Gasteiger partial charge in [-0.25, -0.2) is 4.98 Å². The SMILES string of the molecule is CN=C(NCc1ccc(OCC(F)(F)F)nc1)NCC1CC(=O)Nc2ccccc21.I. The van der Waals surface area contributed by atoms with E-state index in [-0.39, 0.29) is 41.7 Å². The van der Waals surface area contributed by atoms with E-state index < -0.39 is 12.8 Å². The molecule has 1 aromatic heterocycles. The monoisotopic (exact) mass is 549 g/mol. The summed E-state index contributed by atoms with van der Waals surface area (Å²) in [6.07, 6.45) is -2.59. The molecule has 168 valence electrons. The van der Waals surface area contributed by atoms with Crippen LogP contribution in [0.1, 0.15) is 23.5 Å². The second kappa shape index (κ2) is 11.2. The quantitative estimate of drug-likeness (QED) is 0.292. The highest BCUT2D eigenvalue weighted by Crippen LogP contribution is 2.31. The van der Waals surface area contributed by atoms with Gasteiger partial charge in [-0.15, -0.1) is 24.0 Å². The van der Waals surface area contributed by atoms with Gasteiger partial charge >= 0.3 is 6.18 Å². The van der Waals surface area contributed by atoms with E-state index in [4.69, 9.17) is 0 Å². The number of hydrogen-bond donors (Lipinski definition) is 3. The minimum Gasteiger partial charge on any atom is -0.468 e. The number of anilines is 1. The van der Waals surface area contributed by atoms with E-state index in [1.165, 1.54) is 12.3 Å². The van der Waals surface area contributed by atoms with Crippen molar-refractivity contribution >= 4 is 41.5 Å². The maximum atomic E-state index is 12.2. The van der Waals surface area contributed by atoms with E-state index in [2.05, 4.69) is 30.7 Å². The van der Waals surface area contributed by atoms with E-state index in [9.17, 15) is 18.0 Å². The Labute approximate surface area is 194 Å². The Bertz CT molecular complexity index is 906. The lowest BCUT2D eigenvalue weighted by Crippen LogP contribution is -2.40. The molecule has 1 unspecified atom stereocenters. The van der Waals surface area contributed by atoms with Crippen molar-refractivity contribution in [3.63, 3.8) is 0 Å². The van der Waals surface area contributed by atoms with Crippen molar-refractivity contribution in [3.05, 3.63) is 53.7 Å². The number of nitrogens with one attached hydrogen (secondary N) is 3. The number of pyridine rings is 1. The first-order valence-electron chi connectivity index (χ1n) is 9.32. The van der Waals surface area contributed by atoms with Gasteiger partial charge in [0.2, 0.25) is 11.8 Å². The lowest BCUT2D eigenvalue weighted by molar-refractivity contribution is -0.154. The highest BCUT2D eigenvalue weighted by molar-refractivity contribution is 14.0. The number of para-hydroxylation sites is 1. The van der Waals surface area contributed by atoms with Gasteiger partial charge in [0.15, 0.2) is 12.6 Å². The molecule has 1 atom stereocenters. The zero-order valence-electron chi connectivity index (χ0n) is 16.7. The Morgan fingerprint density at radius 2 is 2.03 bits per heavy atom. The van der Waals surface area contributed by atoms with Crippen LogP contribution in [0, 0.1) is 0 Å². The fraction of sp³-hybridized carbons (Fsp3) is 0.350. The molecular formula is C20H23F3IN5O2. The number of guanidine groups is 1. The van der Waals surface area contributed by atoms with Gasteiger partial charge in [0.05, 0.1) is 0 Å². The summed E-state index contributed by atoms with van der Waals surface area (Å²) in [4.78, 5) is 20.0. The number of nitrogens with zero attached hydrogens (tertiary/aromatic N) is 2. The summed E-state index contributed by atoms with van der Waals surface area (Å²) in [6.45, 7) is -0.489. The summed E-state index contributed by atoms with van der Waals surface area (Å²) in [5.41, 5.74) is 2.64. The number of amides is 1. The van der Waals surface area contributed by atoms with Crippen LogP contribution in [0.15, 0.2) is 47.6 Å². The van der Waals surface area contributed by atoms with Crippen LogP contribution >= 0.6 is 24.0 Å².